The van der Waals surface area contributed by atoms with Gasteiger partial charge in [-0.25, -0.2) is 4.98 Å². The van der Waals surface area contributed by atoms with E-state index in [1.54, 1.807) is 49.6 Å². The molecule has 0 spiro atoms. The molecular weight excluding hydrogens is 444 g/mol. The van der Waals surface area contributed by atoms with Crippen molar-refractivity contribution in [1.82, 2.24) is 4.98 Å². The number of benzene rings is 3. The number of halogens is 2. The van der Waals surface area contributed by atoms with Gasteiger partial charge < -0.3 is 14.5 Å². The number of carbonyl (C=O) groups excluding carboxylic acids is 1. The molecule has 0 fully saturated rings. The predicted octanol–water partition coefficient (Wildman–Crippen LogP) is 6.17. The van der Waals surface area contributed by atoms with E-state index in [0.717, 1.165) is 11.1 Å². The molecule has 7 heteroatoms. The predicted molar refractivity (Wildman–Crippen MR) is 113 cm³/mol. The molecule has 3 aromatic carbocycles. The van der Waals surface area contributed by atoms with Crippen LogP contribution in [0.2, 0.25) is 5.02 Å². The van der Waals surface area contributed by atoms with Gasteiger partial charge in [0.15, 0.2) is 5.58 Å². The molecule has 0 aliphatic carbocycles. The number of hydrogen-bond acceptors (Lipinski definition) is 4. The lowest BCUT2D eigenvalue weighted by Gasteiger charge is -2.08. The Bertz CT molecular complexity index is 1190. The highest BCUT2D eigenvalue weighted by molar-refractivity contribution is 9.10. The van der Waals surface area contributed by atoms with Crippen molar-refractivity contribution >= 4 is 50.2 Å². The number of oxazole rings is 1. The first-order valence-electron chi connectivity index (χ1n) is 8.35. The summed E-state index contributed by atoms with van der Waals surface area (Å²) in [6.07, 6.45) is 0. The molecule has 1 amide bonds. The summed E-state index contributed by atoms with van der Waals surface area (Å²) in [5.74, 6) is 0.889. The molecule has 0 aliphatic rings. The molecule has 4 aromatic rings. The first-order chi connectivity index (χ1) is 13.5. The fourth-order valence-corrected chi connectivity index (χ4v) is 3.47. The van der Waals surface area contributed by atoms with E-state index in [-0.39, 0.29) is 5.91 Å². The minimum absolute atomic E-state index is 0.232. The van der Waals surface area contributed by atoms with E-state index in [1.807, 2.05) is 18.2 Å². The largest absolute Gasteiger partial charge is 0.496 e. The van der Waals surface area contributed by atoms with E-state index >= 15 is 0 Å². The summed E-state index contributed by atoms with van der Waals surface area (Å²) < 4.78 is 11.7. The van der Waals surface area contributed by atoms with Gasteiger partial charge >= 0.3 is 0 Å². The monoisotopic (exact) mass is 456 g/mol. The molecule has 140 valence electrons. The molecule has 1 N–H and O–H groups in total. The van der Waals surface area contributed by atoms with Gasteiger partial charge in [-0.05, 0) is 64.5 Å². The molecule has 4 rings (SSSR count). The van der Waals surface area contributed by atoms with Crippen LogP contribution in [0.1, 0.15) is 10.4 Å². The van der Waals surface area contributed by atoms with E-state index in [1.165, 1.54) is 0 Å². The van der Waals surface area contributed by atoms with Crippen LogP contribution in [0.25, 0.3) is 22.6 Å². The van der Waals surface area contributed by atoms with E-state index in [2.05, 4.69) is 26.2 Å². The highest BCUT2D eigenvalue weighted by Crippen LogP contribution is 2.29. The summed E-state index contributed by atoms with van der Waals surface area (Å²) in [6.45, 7) is 0. The van der Waals surface area contributed by atoms with Crippen LogP contribution in [0.4, 0.5) is 5.69 Å². The van der Waals surface area contributed by atoms with Crippen LogP contribution >= 0.6 is 27.5 Å². The fraction of sp³-hybridized carbons (Fsp3) is 0.0476. The number of carbonyl (C=O) groups is 1. The number of aromatic nitrogens is 1. The van der Waals surface area contributed by atoms with Gasteiger partial charge in [0.25, 0.3) is 5.91 Å². The standard InChI is InChI=1S/C21H14BrClN2O3/c1-27-18-8-5-12(10-16(18)22)20(26)24-15-4-2-3-13(9-15)21-25-17-7-6-14(23)11-19(17)28-21/h2-11H,1H3,(H,24,26). The van der Waals surface area contributed by atoms with Crippen molar-refractivity contribution in [1.29, 1.82) is 0 Å². The molecule has 0 atom stereocenters. The Morgan fingerprint density at radius 1 is 1.14 bits per heavy atom. The number of rotatable bonds is 4. The number of nitrogens with one attached hydrogen (secondary N) is 1. The van der Waals surface area contributed by atoms with E-state index in [9.17, 15) is 4.79 Å². The second-order valence-electron chi connectivity index (χ2n) is 6.02. The van der Waals surface area contributed by atoms with E-state index in [0.29, 0.717) is 38.0 Å². The van der Waals surface area contributed by atoms with Gasteiger partial charge in [-0.15, -0.1) is 0 Å². The van der Waals surface area contributed by atoms with Gasteiger partial charge in [-0.2, -0.15) is 0 Å². The van der Waals surface area contributed by atoms with Crippen LogP contribution in [0.5, 0.6) is 5.75 Å². The molecule has 0 radical (unpaired) electrons. The van der Waals surface area contributed by atoms with Crippen molar-refractivity contribution < 1.29 is 13.9 Å². The number of hydrogen-bond donors (Lipinski definition) is 1. The molecule has 0 saturated heterocycles. The van der Waals surface area contributed by atoms with E-state index in [4.69, 9.17) is 20.8 Å². The summed E-state index contributed by atoms with van der Waals surface area (Å²) in [4.78, 5) is 17.0. The zero-order valence-electron chi connectivity index (χ0n) is 14.7. The number of ether oxygens (including phenoxy) is 1. The minimum Gasteiger partial charge on any atom is -0.496 e. The van der Waals surface area contributed by atoms with Crippen LogP contribution in [-0.2, 0) is 0 Å². The van der Waals surface area contributed by atoms with Crippen molar-refractivity contribution in [2.24, 2.45) is 0 Å². The lowest BCUT2D eigenvalue weighted by atomic mass is 10.1. The zero-order valence-corrected chi connectivity index (χ0v) is 17.0. The second kappa shape index (κ2) is 7.66. The Morgan fingerprint density at radius 2 is 2.00 bits per heavy atom. The van der Waals surface area contributed by atoms with Crippen molar-refractivity contribution in [2.75, 3.05) is 12.4 Å². The van der Waals surface area contributed by atoms with Crippen molar-refractivity contribution in [2.45, 2.75) is 0 Å². The molecule has 28 heavy (non-hydrogen) atoms. The van der Waals surface area contributed by atoms with Gasteiger partial charge in [0.2, 0.25) is 5.89 Å². The Morgan fingerprint density at radius 3 is 2.79 bits per heavy atom. The van der Waals surface area contributed by atoms with Gasteiger partial charge in [0.1, 0.15) is 11.3 Å². The average Bonchev–Trinajstić information content (AvgIpc) is 3.11. The van der Waals surface area contributed by atoms with Crippen LogP contribution in [-0.4, -0.2) is 18.0 Å². The molecule has 5 nitrogen and oxygen atoms in total. The lowest BCUT2D eigenvalue weighted by molar-refractivity contribution is 0.102. The number of nitrogens with zero attached hydrogens (tertiary/aromatic N) is 1. The van der Waals surface area contributed by atoms with Gasteiger partial charge in [0.05, 0.1) is 11.6 Å². The zero-order chi connectivity index (χ0) is 19.7. The Kier molecular flexibility index (Phi) is 5.07. The average molecular weight is 458 g/mol. The molecule has 0 bridgehead atoms. The number of fused-ring (bicyclic) bond motifs is 1. The highest BCUT2D eigenvalue weighted by Gasteiger charge is 2.12. The number of amides is 1. The molecule has 0 aliphatic heterocycles. The van der Waals surface area contributed by atoms with Crippen molar-refractivity contribution in [3.05, 3.63) is 75.7 Å². The van der Waals surface area contributed by atoms with Crippen molar-refractivity contribution in [3.8, 4) is 17.2 Å². The maximum atomic E-state index is 12.6. The molecule has 1 aromatic heterocycles. The van der Waals surface area contributed by atoms with Gasteiger partial charge in [-0.3, -0.25) is 4.79 Å². The summed E-state index contributed by atoms with van der Waals surface area (Å²) in [7, 11) is 1.57. The summed E-state index contributed by atoms with van der Waals surface area (Å²) in [5, 5.41) is 3.47. The highest BCUT2D eigenvalue weighted by atomic mass is 79.9. The number of methoxy groups -OCH3 is 1. The SMILES string of the molecule is COc1ccc(C(=O)Nc2cccc(-c3nc4ccc(Cl)cc4o3)c2)cc1Br. The third-order valence-electron chi connectivity index (χ3n) is 4.13. The van der Waals surface area contributed by atoms with Crippen LogP contribution in [0, 0.1) is 0 Å². The molecule has 0 saturated carbocycles. The first kappa shape index (κ1) is 18.5. The van der Waals surface area contributed by atoms with Crippen molar-refractivity contribution in [3.63, 3.8) is 0 Å². The van der Waals surface area contributed by atoms with Gasteiger partial charge in [0, 0.05) is 27.9 Å². The second-order valence-corrected chi connectivity index (χ2v) is 7.31. The number of anilines is 1. The molecule has 1 heterocycles. The Labute approximate surface area is 174 Å². The maximum Gasteiger partial charge on any atom is 0.255 e. The van der Waals surface area contributed by atoms with Crippen LogP contribution in [0.3, 0.4) is 0 Å². The van der Waals surface area contributed by atoms with Crippen LogP contribution in [0.15, 0.2) is 69.6 Å². The minimum atomic E-state index is -0.232. The summed E-state index contributed by atoms with van der Waals surface area (Å²) in [6, 6.07) is 17.7. The first-order valence-corrected chi connectivity index (χ1v) is 9.52. The Hall–Kier alpha value is -2.83. The van der Waals surface area contributed by atoms with E-state index < -0.39 is 0 Å². The normalized spacial score (nSPS) is 10.8. The topological polar surface area (TPSA) is 64.4 Å². The summed E-state index contributed by atoms with van der Waals surface area (Å²) >= 11 is 9.39. The quantitative estimate of drug-likeness (QED) is 0.398. The molecule has 0 unspecified atom stereocenters. The Balaban J connectivity index is 1.59. The third kappa shape index (κ3) is 3.74. The fourth-order valence-electron chi connectivity index (χ4n) is 2.76. The van der Waals surface area contributed by atoms with Gasteiger partial charge in [-0.1, -0.05) is 17.7 Å². The molecular formula is C21H14BrClN2O3. The smallest absolute Gasteiger partial charge is 0.255 e. The third-order valence-corrected chi connectivity index (χ3v) is 4.99. The maximum absolute atomic E-state index is 12.6. The van der Waals surface area contributed by atoms with Crippen LogP contribution < -0.4 is 10.1 Å². The lowest BCUT2D eigenvalue weighted by Crippen LogP contribution is -2.11. The summed E-state index contributed by atoms with van der Waals surface area (Å²) in [5.41, 5.74) is 3.22.